The maximum absolute atomic E-state index is 12.5. The van der Waals surface area contributed by atoms with Crippen molar-refractivity contribution in [3.05, 3.63) is 35.4 Å². The van der Waals surface area contributed by atoms with Crippen LogP contribution in [0.2, 0.25) is 0 Å². The molecule has 8 nitrogen and oxygen atoms in total. The van der Waals surface area contributed by atoms with Crippen LogP contribution >= 0.6 is 0 Å². The van der Waals surface area contributed by atoms with Crippen LogP contribution in [-0.2, 0) is 11.2 Å². The molecule has 2 aromatic heterocycles. The highest BCUT2D eigenvalue weighted by Gasteiger charge is 2.30. The Kier molecular flexibility index (Phi) is 5.14. The van der Waals surface area contributed by atoms with E-state index < -0.39 is 0 Å². The van der Waals surface area contributed by atoms with E-state index in [1.54, 1.807) is 11.8 Å². The molecule has 130 valence electrons. The van der Waals surface area contributed by atoms with E-state index in [0.29, 0.717) is 44.4 Å². The Bertz CT molecular complexity index is 681. The summed E-state index contributed by atoms with van der Waals surface area (Å²) in [5.74, 6) is 2.80. The lowest BCUT2D eigenvalue weighted by molar-refractivity contribution is 0.00410. The van der Waals surface area contributed by atoms with Crippen LogP contribution in [-0.4, -0.2) is 47.4 Å². The highest BCUT2D eigenvalue weighted by molar-refractivity contribution is 5.74. The number of furan rings is 1. The molecule has 0 aliphatic carbocycles. The fraction of sp³-hybridized carbons (Fsp3) is 0.562. The van der Waals surface area contributed by atoms with Gasteiger partial charge in [-0.15, -0.1) is 0 Å². The predicted octanol–water partition coefficient (Wildman–Crippen LogP) is 2.00. The number of carbonyl (C=O) groups excluding carboxylic acids is 1. The number of ether oxygens (including phenoxy) is 1. The van der Waals surface area contributed by atoms with Gasteiger partial charge in [0.1, 0.15) is 17.6 Å². The molecule has 8 heteroatoms. The average molecular weight is 334 g/mol. The van der Waals surface area contributed by atoms with Gasteiger partial charge in [-0.3, -0.25) is 0 Å². The van der Waals surface area contributed by atoms with Crippen LogP contribution < -0.4 is 5.32 Å². The largest absolute Gasteiger partial charge is 0.464 e. The number of morpholine rings is 1. The zero-order chi connectivity index (χ0) is 16.9. The highest BCUT2D eigenvalue weighted by atomic mass is 16.5. The molecule has 1 saturated heterocycles. The summed E-state index contributed by atoms with van der Waals surface area (Å²) in [5.41, 5.74) is 0. The number of hydrogen-bond donors (Lipinski definition) is 1. The molecule has 1 atom stereocenters. The van der Waals surface area contributed by atoms with Gasteiger partial charge in [-0.2, -0.15) is 4.98 Å². The second-order valence-electron chi connectivity index (χ2n) is 5.80. The molecule has 0 spiro atoms. The molecule has 0 aromatic carbocycles. The van der Waals surface area contributed by atoms with Gasteiger partial charge in [0.25, 0.3) is 0 Å². The number of amides is 2. The van der Waals surface area contributed by atoms with Crippen molar-refractivity contribution in [3.63, 3.8) is 0 Å². The fourth-order valence-corrected chi connectivity index (χ4v) is 2.69. The monoisotopic (exact) mass is 334 g/mol. The van der Waals surface area contributed by atoms with Crippen LogP contribution in [0.15, 0.2) is 21.1 Å². The lowest BCUT2D eigenvalue weighted by Gasteiger charge is -2.34. The van der Waals surface area contributed by atoms with Crippen LogP contribution in [0.5, 0.6) is 0 Å². The molecule has 1 aliphatic rings. The third-order valence-corrected chi connectivity index (χ3v) is 3.89. The molecule has 3 heterocycles. The standard InChI is InChI=1S/C16H22N4O4/c1-11-5-6-14(23-11)13-10-22-9-8-20(13)16(21)17-7-3-4-15-18-12(2)19-24-15/h5-6,13H,3-4,7-10H2,1-2H3,(H,17,21). The van der Waals surface area contributed by atoms with Crippen molar-refractivity contribution in [1.29, 1.82) is 0 Å². The van der Waals surface area contributed by atoms with E-state index >= 15 is 0 Å². The Hall–Kier alpha value is -2.35. The normalized spacial score (nSPS) is 17.9. The molecule has 1 fully saturated rings. The minimum atomic E-state index is -0.189. The molecule has 3 rings (SSSR count). The first-order valence-electron chi connectivity index (χ1n) is 8.11. The third-order valence-electron chi connectivity index (χ3n) is 3.89. The molecular weight excluding hydrogens is 312 g/mol. The summed E-state index contributed by atoms with van der Waals surface area (Å²) in [7, 11) is 0. The third kappa shape index (κ3) is 3.94. The number of rotatable bonds is 5. The Morgan fingerprint density at radius 1 is 1.42 bits per heavy atom. The van der Waals surface area contributed by atoms with Gasteiger partial charge in [-0.25, -0.2) is 4.79 Å². The highest BCUT2D eigenvalue weighted by Crippen LogP contribution is 2.25. The van der Waals surface area contributed by atoms with E-state index in [4.69, 9.17) is 13.7 Å². The van der Waals surface area contributed by atoms with Crippen LogP contribution in [0.3, 0.4) is 0 Å². The zero-order valence-electron chi connectivity index (χ0n) is 13.9. The lowest BCUT2D eigenvalue weighted by atomic mass is 10.2. The lowest BCUT2D eigenvalue weighted by Crippen LogP contribution is -2.48. The average Bonchev–Trinajstić information content (AvgIpc) is 3.20. The van der Waals surface area contributed by atoms with Crippen molar-refractivity contribution < 1.29 is 18.5 Å². The molecule has 0 saturated carbocycles. The van der Waals surface area contributed by atoms with Crippen LogP contribution in [0.1, 0.15) is 35.7 Å². The van der Waals surface area contributed by atoms with Gasteiger partial charge in [-0.1, -0.05) is 5.16 Å². The van der Waals surface area contributed by atoms with Crippen molar-refractivity contribution >= 4 is 6.03 Å². The second-order valence-corrected chi connectivity index (χ2v) is 5.80. The topological polar surface area (TPSA) is 93.6 Å². The number of nitrogens with one attached hydrogen (secondary N) is 1. The minimum absolute atomic E-state index is 0.112. The van der Waals surface area contributed by atoms with Crippen molar-refractivity contribution in [3.8, 4) is 0 Å². The second kappa shape index (κ2) is 7.48. The number of aryl methyl sites for hydroxylation is 3. The van der Waals surface area contributed by atoms with Gasteiger partial charge in [-0.05, 0) is 32.4 Å². The first kappa shape index (κ1) is 16.5. The van der Waals surface area contributed by atoms with E-state index in [9.17, 15) is 4.79 Å². The molecule has 1 unspecified atom stereocenters. The van der Waals surface area contributed by atoms with Gasteiger partial charge in [0.2, 0.25) is 5.89 Å². The molecule has 0 radical (unpaired) electrons. The van der Waals surface area contributed by atoms with Crippen LogP contribution in [0.25, 0.3) is 0 Å². The number of hydrogen-bond acceptors (Lipinski definition) is 6. The Balaban J connectivity index is 1.50. The van der Waals surface area contributed by atoms with Gasteiger partial charge >= 0.3 is 6.03 Å². The first-order chi connectivity index (χ1) is 11.6. The summed E-state index contributed by atoms with van der Waals surface area (Å²) in [6.07, 6.45) is 1.38. The molecule has 0 bridgehead atoms. The number of aromatic nitrogens is 2. The van der Waals surface area contributed by atoms with E-state index in [2.05, 4.69) is 15.5 Å². The molecule has 2 aromatic rings. The Morgan fingerprint density at radius 2 is 2.29 bits per heavy atom. The number of nitrogens with zero attached hydrogens (tertiary/aromatic N) is 3. The predicted molar refractivity (Wildman–Crippen MR) is 84.5 cm³/mol. The summed E-state index contributed by atoms with van der Waals surface area (Å²) >= 11 is 0. The minimum Gasteiger partial charge on any atom is -0.464 e. The quantitative estimate of drug-likeness (QED) is 0.841. The van der Waals surface area contributed by atoms with Crippen molar-refractivity contribution in [2.24, 2.45) is 0 Å². The summed E-state index contributed by atoms with van der Waals surface area (Å²) in [4.78, 5) is 18.4. The summed E-state index contributed by atoms with van der Waals surface area (Å²) in [6.45, 7) is 5.73. The molecular formula is C16H22N4O4. The van der Waals surface area contributed by atoms with E-state index in [1.165, 1.54) is 0 Å². The zero-order valence-corrected chi connectivity index (χ0v) is 13.9. The van der Waals surface area contributed by atoms with Gasteiger partial charge < -0.3 is 23.9 Å². The maximum atomic E-state index is 12.5. The molecule has 24 heavy (non-hydrogen) atoms. The van der Waals surface area contributed by atoms with Gasteiger partial charge in [0, 0.05) is 19.5 Å². The smallest absolute Gasteiger partial charge is 0.318 e. The van der Waals surface area contributed by atoms with Gasteiger partial charge in [0.15, 0.2) is 5.82 Å². The number of urea groups is 1. The number of carbonyl (C=O) groups is 1. The van der Waals surface area contributed by atoms with Crippen LogP contribution in [0.4, 0.5) is 4.79 Å². The molecule has 1 N–H and O–H groups in total. The summed E-state index contributed by atoms with van der Waals surface area (Å²) in [6, 6.07) is 3.49. The van der Waals surface area contributed by atoms with Crippen LogP contribution in [0, 0.1) is 13.8 Å². The summed E-state index contributed by atoms with van der Waals surface area (Å²) < 4.78 is 16.2. The summed E-state index contributed by atoms with van der Waals surface area (Å²) in [5, 5.41) is 6.68. The molecule has 2 amide bonds. The van der Waals surface area contributed by atoms with E-state index in [0.717, 1.165) is 17.9 Å². The van der Waals surface area contributed by atoms with Crippen molar-refractivity contribution in [2.45, 2.75) is 32.7 Å². The first-order valence-corrected chi connectivity index (χ1v) is 8.11. The maximum Gasteiger partial charge on any atom is 0.318 e. The Morgan fingerprint density at radius 3 is 3.00 bits per heavy atom. The molecule has 1 aliphatic heterocycles. The van der Waals surface area contributed by atoms with E-state index in [-0.39, 0.29) is 12.1 Å². The Labute approximate surface area is 140 Å². The van der Waals surface area contributed by atoms with Crippen molar-refractivity contribution in [1.82, 2.24) is 20.4 Å². The van der Waals surface area contributed by atoms with Crippen molar-refractivity contribution in [2.75, 3.05) is 26.3 Å². The fourth-order valence-electron chi connectivity index (χ4n) is 2.69. The SMILES string of the molecule is Cc1noc(CCCNC(=O)N2CCOCC2c2ccc(C)o2)n1. The van der Waals surface area contributed by atoms with Gasteiger partial charge in [0.05, 0.1) is 13.2 Å². The van der Waals surface area contributed by atoms with E-state index in [1.807, 2.05) is 19.1 Å².